The Kier molecular flexibility index (Phi) is 2.49. The van der Waals surface area contributed by atoms with E-state index in [-0.39, 0.29) is 0 Å². The second-order valence-electron chi connectivity index (χ2n) is 3.53. The topological polar surface area (TPSA) is 6.48 Å². The van der Waals surface area contributed by atoms with Crippen molar-refractivity contribution in [1.29, 1.82) is 0 Å². The van der Waals surface area contributed by atoms with E-state index in [0.29, 0.717) is 0 Å². The molecule has 1 atom stereocenters. The number of rotatable bonds is 1. The summed E-state index contributed by atoms with van der Waals surface area (Å²) in [7, 11) is 0. The summed E-state index contributed by atoms with van der Waals surface area (Å²) < 4.78 is 0. The second kappa shape index (κ2) is 3.42. The highest BCUT2D eigenvalue weighted by Crippen LogP contribution is 2.21. The number of halogens is 1. The summed E-state index contributed by atoms with van der Waals surface area (Å²) in [4.78, 5) is 5.13. The molecule has 2 heterocycles. The molecular formula is C8H15BrN2. The highest BCUT2D eigenvalue weighted by Gasteiger charge is 2.29. The molecule has 3 heteroatoms. The van der Waals surface area contributed by atoms with Gasteiger partial charge in [0.2, 0.25) is 0 Å². The van der Waals surface area contributed by atoms with Crippen LogP contribution in [0.5, 0.6) is 0 Å². The van der Waals surface area contributed by atoms with E-state index in [0.717, 1.165) is 11.5 Å². The van der Waals surface area contributed by atoms with Gasteiger partial charge in [-0.05, 0) is 19.4 Å². The molecule has 0 aromatic heterocycles. The molecular weight excluding hydrogens is 204 g/mol. The van der Waals surface area contributed by atoms with Gasteiger partial charge in [-0.15, -0.1) is 0 Å². The summed E-state index contributed by atoms with van der Waals surface area (Å²) in [5.74, 6) is 0. The Morgan fingerprint density at radius 3 is 3.00 bits per heavy atom. The monoisotopic (exact) mass is 218 g/mol. The van der Waals surface area contributed by atoms with E-state index in [2.05, 4.69) is 25.7 Å². The molecule has 2 aliphatic heterocycles. The number of hydrogen-bond acceptors (Lipinski definition) is 2. The maximum absolute atomic E-state index is 3.52. The van der Waals surface area contributed by atoms with Crippen molar-refractivity contribution in [2.75, 3.05) is 31.6 Å². The van der Waals surface area contributed by atoms with Crippen molar-refractivity contribution in [2.24, 2.45) is 0 Å². The van der Waals surface area contributed by atoms with E-state index >= 15 is 0 Å². The van der Waals surface area contributed by atoms with Crippen LogP contribution in [0, 0.1) is 0 Å². The van der Waals surface area contributed by atoms with Gasteiger partial charge in [-0.2, -0.15) is 0 Å². The molecule has 0 bridgehead atoms. The van der Waals surface area contributed by atoms with E-state index in [1.807, 2.05) is 0 Å². The van der Waals surface area contributed by atoms with Crippen molar-refractivity contribution in [3.8, 4) is 0 Å². The quantitative estimate of drug-likeness (QED) is 0.481. The predicted octanol–water partition coefficient (Wildman–Crippen LogP) is 1.12. The molecule has 0 N–H and O–H groups in total. The average molecular weight is 219 g/mol. The third-order valence-electron chi connectivity index (χ3n) is 2.84. The van der Waals surface area contributed by atoms with Crippen LogP contribution in [0.15, 0.2) is 0 Å². The van der Waals surface area contributed by atoms with E-state index in [9.17, 15) is 0 Å². The average Bonchev–Trinajstić information content (AvgIpc) is 2.50. The summed E-state index contributed by atoms with van der Waals surface area (Å²) in [5, 5.41) is 0. The lowest BCUT2D eigenvalue weighted by Gasteiger charge is -2.36. The Balaban J connectivity index is 1.91. The Bertz CT molecular complexity index is 140. The maximum atomic E-state index is 3.52. The summed E-state index contributed by atoms with van der Waals surface area (Å²) in [5.41, 5.74) is 1.05. The molecule has 0 aromatic carbocycles. The van der Waals surface area contributed by atoms with Crippen LogP contribution in [-0.4, -0.2) is 47.5 Å². The first-order valence-corrected chi connectivity index (χ1v) is 5.54. The van der Waals surface area contributed by atoms with Crippen LogP contribution < -0.4 is 0 Å². The molecule has 0 radical (unpaired) electrons. The van der Waals surface area contributed by atoms with Crippen molar-refractivity contribution < 1.29 is 0 Å². The number of fused-ring (bicyclic) bond motifs is 1. The first kappa shape index (κ1) is 8.02. The zero-order valence-corrected chi connectivity index (χ0v) is 8.39. The summed E-state index contributed by atoms with van der Waals surface area (Å²) in [6.07, 6.45) is 2.84. The molecule has 0 unspecified atom stereocenters. The van der Waals surface area contributed by atoms with E-state index in [4.69, 9.17) is 0 Å². The van der Waals surface area contributed by atoms with Crippen LogP contribution in [0.2, 0.25) is 0 Å². The Labute approximate surface area is 76.7 Å². The molecule has 11 heavy (non-hydrogen) atoms. The third kappa shape index (κ3) is 1.60. The molecule has 2 aliphatic rings. The molecule has 2 fully saturated rings. The van der Waals surface area contributed by atoms with Gasteiger partial charge in [0.1, 0.15) is 0 Å². The number of alkyl halides is 1. The SMILES string of the molecule is BrCN1CCN2CCC[C@@H]2C1. The molecule has 0 spiro atoms. The standard InChI is InChI=1S/C8H15BrN2/c9-7-10-4-5-11-3-1-2-8(11)6-10/h8H,1-7H2/t8-/m1/s1. The van der Waals surface area contributed by atoms with Gasteiger partial charge in [-0.3, -0.25) is 9.80 Å². The van der Waals surface area contributed by atoms with Crippen LogP contribution in [0.3, 0.4) is 0 Å². The minimum Gasteiger partial charge on any atom is -0.298 e. The van der Waals surface area contributed by atoms with Crippen LogP contribution in [0.4, 0.5) is 0 Å². The van der Waals surface area contributed by atoms with Gasteiger partial charge in [-0.1, -0.05) is 15.9 Å². The van der Waals surface area contributed by atoms with Crippen LogP contribution >= 0.6 is 15.9 Å². The highest BCUT2D eigenvalue weighted by molar-refractivity contribution is 9.09. The Morgan fingerprint density at radius 1 is 1.27 bits per heavy atom. The van der Waals surface area contributed by atoms with Crippen molar-refractivity contribution in [2.45, 2.75) is 18.9 Å². The van der Waals surface area contributed by atoms with Crippen molar-refractivity contribution in [3.05, 3.63) is 0 Å². The summed E-state index contributed by atoms with van der Waals surface area (Å²) in [6, 6.07) is 0.876. The fourth-order valence-corrected chi connectivity index (χ4v) is 2.62. The first-order valence-electron chi connectivity index (χ1n) is 4.42. The lowest BCUT2D eigenvalue weighted by molar-refractivity contribution is 0.121. The predicted molar refractivity (Wildman–Crippen MR) is 50.0 cm³/mol. The van der Waals surface area contributed by atoms with Gasteiger partial charge >= 0.3 is 0 Å². The fourth-order valence-electron chi connectivity index (χ4n) is 2.16. The van der Waals surface area contributed by atoms with Crippen molar-refractivity contribution in [3.63, 3.8) is 0 Å². The minimum absolute atomic E-state index is 0.876. The smallest absolute Gasteiger partial charge is 0.0543 e. The van der Waals surface area contributed by atoms with Crippen LogP contribution in [-0.2, 0) is 0 Å². The van der Waals surface area contributed by atoms with Gasteiger partial charge in [0.05, 0.1) is 5.45 Å². The first-order chi connectivity index (χ1) is 5.40. The maximum Gasteiger partial charge on any atom is 0.0543 e. The van der Waals surface area contributed by atoms with E-state index in [1.165, 1.54) is 39.0 Å². The summed E-state index contributed by atoms with van der Waals surface area (Å²) >= 11 is 3.52. The molecule has 2 saturated heterocycles. The van der Waals surface area contributed by atoms with Crippen molar-refractivity contribution in [1.82, 2.24) is 9.80 Å². The van der Waals surface area contributed by atoms with E-state index in [1.54, 1.807) is 0 Å². The number of nitrogens with zero attached hydrogens (tertiary/aromatic N) is 2. The minimum atomic E-state index is 0.876. The molecule has 0 aliphatic carbocycles. The zero-order valence-electron chi connectivity index (χ0n) is 6.80. The molecule has 2 nitrogen and oxygen atoms in total. The largest absolute Gasteiger partial charge is 0.298 e. The Morgan fingerprint density at radius 2 is 2.18 bits per heavy atom. The summed E-state index contributed by atoms with van der Waals surface area (Å²) in [6.45, 7) is 5.17. The van der Waals surface area contributed by atoms with Crippen LogP contribution in [0.25, 0.3) is 0 Å². The third-order valence-corrected chi connectivity index (χ3v) is 3.55. The molecule has 0 saturated carbocycles. The lowest BCUT2D eigenvalue weighted by Crippen LogP contribution is -2.49. The van der Waals surface area contributed by atoms with E-state index < -0.39 is 0 Å². The number of piperazine rings is 1. The van der Waals surface area contributed by atoms with Gasteiger partial charge in [0.15, 0.2) is 0 Å². The lowest BCUT2D eigenvalue weighted by atomic mass is 10.2. The van der Waals surface area contributed by atoms with Gasteiger partial charge < -0.3 is 0 Å². The van der Waals surface area contributed by atoms with Crippen molar-refractivity contribution >= 4 is 15.9 Å². The van der Waals surface area contributed by atoms with Crippen LogP contribution in [0.1, 0.15) is 12.8 Å². The Hall–Kier alpha value is 0.400. The fraction of sp³-hybridized carbons (Fsp3) is 1.00. The molecule has 0 amide bonds. The normalized spacial score (nSPS) is 34.1. The zero-order chi connectivity index (χ0) is 7.68. The molecule has 0 aromatic rings. The second-order valence-corrected chi connectivity index (χ2v) is 4.03. The highest BCUT2D eigenvalue weighted by atomic mass is 79.9. The van der Waals surface area contributed by atoms with Gasteiger partial charge in [0.25, 0.3) is 0 Å². The molecule has 2 rings (SSSR count). The molecule has 64 valence electrons. The number of hydrogen-bond donors (Lipinski definition) is 0. The van der Waals surface area contributed by atoms with Gasteiger partial charge in [-0.25, -0.2) is 0 Å². The van der Waals surface area contributed by atoms with Gasteiger partial charge in [0, 0.05) is 25.7 Å².